The molecule has 2 rings (SSSR count). The zero-order chi connectivity index (χ0) is 20.0. The predicted molar refractivity (Wildman–Crippen MR) is 128 cm³/mol. The highest BCUT2D eigenvalue weighted by Crippen LogP contribution is 2.15. The fourth-order valence-electron chi connectivity index (χ4n) is 2.42. The van der Waals surface area contributed by atoms with Crippen LogP contribution in [0.2, 0.25) is 0 Å². The second kappa shape index (κ2) is 10.8. The molecule has 1 aromatic carbocycles. The van der Waals surface area contributed by atoms with Crippen molar-refractivity contribution in [2.75, 3.05) is 7.05 Å². The van der Waals surface area contributed by atoms with E-state index < -0.39 is 0 Å². The Balaban J connectivity index is 0.00000392. The van der Waals surface area contributed by atoms with Crippen LogP contribution < -0.4 is 16.0 Å². The first-order valence-corrected chi connectivity index (χ1v) is 9.78. The van der Waals surface area contributed by atoms with Crippen LogP contribution in [0.5, 0.6) is 0 Å². The van der Waals surface area contributed by atoms with Crippen molar-refractivity contribution in [1.82, 2.24) is 20.9 Å². The maximum Gasteiger partial charge on any atom is 0.251 e. The second-order valence-corrected chi connectivity index (χ2v) is 8.72. The van der Waals surface area contributed by atoms with Gasteiger partial charge in [0.25, 0.3) is 5.91 Å². The van der Waals surface area contributed by atoms with E-state index in [1.165, 1.54) is 4.88 Å². The number of thiazole rings is 1. The minimum Gasteiger partial charge on any atom is -0.352 e. The van der Waals surface area contributed by atoms with Gasteiger partial charge in [0.1, 0.15) is 5.01 Å². The fourth-order valence-corrected chi connectivity index (χ4v) is 3.29. The Labute approximate surface area is 188 Å². The first-order chi connectivity index (χ1) is 12.7. The average molecular weight is 515 g/mol. The van der Waals surface area contributed by atoms with Crippen LogP contribution in [0.3, 0.4) is 0 Å². The van der Waals surface area contributed by atoms with E-state index in [0.717, 1.165) is 16.3 Å². The van der Waals surface area contributed by atoms with Crippen LogP contribution in [-0.4, -0.2) is 29.4 Å². The Hall–Kier alpha value is -1.68. The van der Waals surface area contributed by atoms with Gasteiger partial charge < -0.3 is 16.0 Å². The normalized spacial score (nSPS) is 11.6. The van der Waals surface area contributed by atoms with E-state index in [2.05, 4.69) is 32.9 Å². The summed E-state index contributed by atoms with van der Waals surface area (Å²) in [6.07, 6.45) is 0. The Morgan fingerprint density at radius 2 is 1.86 bits per heavy atom. The summed E-state index contributed by atoms with van der Waals surface area (Å²) in [6, 6.07) is 7.60. The summed E-state index contributed by atoms with van der Waals surface area (Å²) >= 11 is 1.69. The number of benzene rings is 1. The molecule has 1 aromatic heterocycles. The number of rotatable bonds is 5. The molecule has 0 saturated carbocycles. The van der Waals surface area contributed by atoms with Crippen LogP contribution in [0.1, 0.15) is 52.3 Å². The molecule has 0 fully saturated rings. The Kier molecular flexibility index (Phi) is 9.35. The Morgan fingerprint density at radius 3 is 2.43 bits per heavy atom. The summed E-state index contributed by atoms with van der Waals surface area (Å²) < 4.78 is 0. The summed E-state index contributed by atoms with van der Waals surface area (Å²) in [5, 5.41) is 10.6. The van der Waals surface area contributed by atoms with Crippen molar-refractivity contribution < 1.29 is 4.79 Å². The molecule has 3 N–H and O–H groups in total. The van der Waals surface area contributed by atoms with Crippen molar-refractivity contribution in [2.45, 2.75) is 53.2 Å². The molecule has 28 heavy (non-hydrogen) atoms. The van der Waals surface area contributed by atoms with E-state index in [1.807, 2.05) is 52.0 Å². The van der Waals surface area contributed by atoms with Crippen molar-refractivity contribution in [3.8, 4) is 0 Å². The zero-order valence-electron chi connectivity index (χ0n) is 17.3. The van der Waals surface area contributed by atoms with Crippen molar-refractivity contribution in [3.63, 3.8) is 0 Å². The molecule has 2 aromatic rings. The lowest BCUT2D eigenvalue weighted by Gasteiger charge is -2.20. The van der Waals surface area contributed by atoms with Crippen molar-refractivity contribution >= 4 is 47.2 Å². The number of nitrogens with zero attached hydrogens (tertiary/aromatic N) is 2. The summed E-state index contributed by atoms with van der Waals surface area (Å²) in [5.74, 6) is 0.631. The molecule has 154 valence electrons. The second-order valence-electron chi connectivity index (χ2n) is 7.43. The molecular formula is C20H30IN5OS. The highest BCUT2D eigenvalue weighted by Gasteiger charge is 2.15. The van der Waals surface area contributed by atoms with E-state index in [4.69, 9.17) is 0 Å². The molecule has 0 aliphatic rings. The third-order valence-corrected chi connectivity index (χ3v) is 4.91. The molecule has 0 radical (unpaired) electrons. The van der Waals surface area contributed by atoms with Crippen molar-refractivity contribution in [1.29, 1.82) is 0 Å². The van der Waals surface area contributed by atoms with Crippen LogP contribution in [0.15, 0.2) is 29.3 Å². The number of aliphatic imine (C=N–C) groups is 1. The number of nitrogens with one attached hydrogen (secondary N) is 3. The number of aryl methyl sites for hydroxylation is 2. The molecular weight excluding hydrogens is 485 g/mol. The number of carbonyl (C=O) groups is 1. The van der Waals surface area contributed by atoms with Gasteiger partial charge in [-0.05, 0) is 52.3 Å². The van der Waals surface area contributed by atoms with Crippen LogP contribution >= 0.6 is 35.3 Å². The van der Waals surface area contributed by atoms with Gasteiger partial charge in [-0.25, -0.2) is 4.98 Å². The molecule has 0 spiro atoms. The minimum atomic E-state index is -0.260. The monoisotopic (exact) mass is 515 g/mol. The Morgan fingerprint density at radius 1 is 1.18 bits per heavy atom. The topological polar surface area (TPSA) is 78.4 Å². The van der Waals surface area contributed by atoms with Crippen molar-refractivity contribution in [3.05, 3.63) is 51.0 Å². The lowest BCUT2D eigenvalue weighted by atomic mass is 10.1. The number of carbonyl (C=O) groups excluding carboxylic acids is 1. The van der Waals surface area contributed by atoms with E-state index in [0.29, 0.717) is 24.6 Å². The lowest BCUT2D eigenvalue weighted by Crippen LogP contribution is -2.40. The number of hydrogen-bond acceptors (Lipinski definition) is 4. The van der Waals surface area contributed by atoms with Gasteiger partial charge in [-0.15, -0.1) is 35.3 Å². The van der Waals surface area contributed by atoms with Gasteiger partial charge in [0.05, 0.1) is 12.2 Å². The molecule has 1 amide bonds. The molecule has 0 atom stereocenters. The predicted octanol–water partition coefficient (Wildman–Crippen LogP) is 3.77. The van der Waals surface area contributed by atoms with Crippen LogP contribution in [0, 0.1) is 13.8 Å². The molecule has 0 unspecified atom stereocenters. The van der Waals surface area contributed by atoms with Crippen molar-refractivity contribution in [2.24, 2.45) is 4.99 Å². The van der Waals surface area contributed by atoms with Crippen LogP contribution in [0.25, 0.3) is 0 Å². The summed E-state index contributed by atoms with van der Waals surface area (Å²) in [7, 11) is 1.74. The average Bonchev–Trinajstić information content (AvgIpc) is 2.92. The zero-order valence-corrected chi connectivity index (χ0v) is 20.5. The molecule has 0 aliphatic heterocycles. The first kappa shape index (κ1) is 24.4. The van der Waals surface area contributed by atoms with Gasteiger partial charge in [0.15, 0.2) is 5.96 Å². The highest BCUT2D eigenvalue weighted by atomic mass is 127. The quantitative estimate of drug-likeness (QED) is 0.322. The number of guanidine groups is 1. The summed E-state index contributed by atoms with van der Waals surface area (Å²) in [5.41, 5.74) is 2.48. The van der Waals surface area contributed by atoms with Gasteiger partial charge in [-0.1, -0.05) is 12.1 Å². The summed E-state index contributed by atoms with van der Waals surface area (Å²) in [4.78, 5) is 22.3. The standard InChI is InChI=1S/C20H29N5OS.HI/c1-13-14(2)27-17(24-13)12-23-19(21-6)22-11-15-8-7-9-16(10-15)18(26)25-20(3,4)5;/h7-10H,11-12H2,1-6H3,(H,25,26)(H2,21,22,23);1H. The van der Waals surface area contributed by atoms with E-state index in [1.54, 1.807) is 18.4 Å². The molecule has 0 aliphatic carbocycles. The number of halogens is 1. The number of amides is 1. The maximum absolute atomic E-state index is 12.3. The van der Waals surface area contributed by atoms with Gasteiger partial charge in [-0.2, -0.15) is 0 Å². The largest absolute Gasteiger partial charge is 0.352 e. The summed E-state index contributed by atoms with van der Waals surface area (Å²) in [6.45, 7) is 11.2. The van der Waals surface area contributed by atoms with Crippen LogP contribution in [0.4, 0.5) is 0 Å². The SMILES string of the molecule is CN=C(NCc1cccc(C(=O)NC(C)(C)C)c1)NCc1nc(C)c(C)s1.I. The van der Waals surface area contributed by atoms with Gasteiger partial charge in [0.2, 0.25) is 0 Å². The molecule has 1 heterocycles. The number of hydrogen-bond donors (Lipinski definition) is 3. The third-order valence-electron chi connectivity index (χ3n) is 3.84. The van der Waals surface area contributed by atoms with Gasteiger partial charge in [-0.3, -0.25) is 9.79 Å². The minimum absolute atomic E-state index is 0. The van der Waals surface area contributed by atoms with E-state index in [-0.39, 0.29) is 35.4 Å². The van der Waals surface area contributed by atoms with Gasteiger partial charge >= 0.3 is 0 Å². The lowest BCUT2D eigenvalue weighted by molar-refractivity contribution is 0.0919. The smallest absolute Gasteiger partial charge is 0.251 e. The van der Waals surface area contributed by atoms with E-state index in [9.17, 15) is 4.79 Å². The third kappa shape index (κ3) is 7.75. The van der Waals surface area contributed by atoms with Crippen LogP contribution in [-0.2, 0) is 13.1 Å². The fraction of sp³-hybridized carbons (Fsp3) is 0.450. The van der Waals surface area contributed by atoms with Gasteiger partial charge in [0, 0.05) is 29.6 Å². The molecule has 0 saturated heterocycles. The first-order valence-electron chi connectivity index (χ1n) is 8.97. The highest BCUT2D eigenvalue weighted by molar-refractivity contribution is 14.0. The maximum atomic E-state index is 12.3. The number of aromatic nitrogens is 1. The molecule has 0 bridgehead atoms. The van der Waals surface area contributed by atoms with E-state index >= 15 is 0 Å². The molecule has 8 heteroatoms. The molecule has 6 nitrogen and oxygen atoms in total. The Bertz CT molecular complexity index is 807.